The van der Waals surface area contributed by atoms with Crippen LogP contribution in [0.1, 0.15) is 12.8 Å². The highest BCUT2D eigenvalue weighted by Crippen LogP contribution is 2.35. The number of aromatic nitrogens is 2. The van der Waals surface area contributed by atoms with Crippen molar-refractivity contribution in [2.45, 2.75) is 28.2 Å². The van der Waals surface area contributed by atoms with E-state index in [0.717, 1.165) is 22.1 Å². The highest BCUT2D eigenvalue weighted by Gasteiger charge is 2.23. The first kappa shape index (κ1) is 14.8. The maximum atomic E-state index is 12.0. The van der Waals surface area contributed by atoms with Crippen LogP contribution in [0.2, 0.25) is 5.02 Å². The number of nitrogens with zero attached hydrogens (tertiary/aromatic N) is 2. The summed E-state index contributed by atoms with van der Waals surface area (Å²) in [6.07, 6.45) is 1.35. The quantitative estimate of drug-likeness (QED) is 0.922. The Kier molecular flexibility index (Phi) is 4.74. The van der Waals surface area contributed by atoms with Crippen LogP contribution in [0.25, 0.3) is 0 Å². The van der Waals surface area contributed by atoms with Crippen molar-refractivity contribution in [2.24, 2.45) is 0 Å². The number of ether oxygens (including phenoxy) is 1. The molecule has 1 amide bonds. The zero-order valence-electron chi connectivity index (χ0n) is 10.9. The molecule has 0 bridgehead atoms. The second kappa shape index (κ2) is 6.74. The summed E-state index contributed by atoms with van der Waals surface area (Å²) in [4.78, 5) is 12.8. The fraction of sp³-hybridized carbons (Fsp3) is 0.308. The normalized spacial score (nSPS) is 17.9. The van der Waals surface area contributed by atoms with Gasteiger partial charge in [0.2, 0.25) is 0 Å². The number of amides is 1. The third-order valence-electron chi connectivity index (χ3n) is 2.96. The molecule has 0 aliphatic carbocycles. The standard InChI is InChI=1S/C13H12ClN3O2S2/c14-9-6-8(16-12(18)10-2-1-5-19-10)3-4-11(9)21-13-17-15-7-20-13/h3-4,6-7,10H,1-2,5H2,(H,16,18)/t10-/m1/s1. The smallest absolute Gasteiger partial charge is 0.253 e. The molecule has 8 heteroatoms. The first-order chi connectivity index (χ1) is 10.2. The van der Waals surface area contributed by atoms with Crippen LogP contribution in [-0.2, 0) is 9.53 Å². The molecule has 2 aromatic rings. The van der Waals surface area contributed by atoms with Crippen molar-refractivity contribution in [3.63, 3.8) is 0 Å². The van der Waals surface area contributed by atoms with Gasteiger partial charge in [0.1, 0.15) is 11.6 Å². The van der Waals surface area contributed by atoms with Crippen LogP contribution in [0, 0.1) is 0 Å². The topological polar surface area (TPSA) is 64.1 Å². The van der Waals surface area contributed by atoms with Crippen LogP contribution in [-0.4, -0.2) is 28.8 Å². The fourth-order valence-electron chi connectivity index (χ4n) is 1.97. The lowest BCUT2D eigenvalue weighted by Crippen LogP contribution is -2.26. The Morgan fingerprint density at radius 1 is 1.52 bits per heavy atom. The second-order valence-electron chi connectivity index (χ2n) is 4.44. The van der Waals surface area contributed by atoms with Crippen LogP contribution in [0.15, 0.2) is 32.9 Å². The summed E-state index contributed by atoms with van der Waals surface area (Å²) >= 11 is 9.15. The van der Waals surface area contributed by atoms with Crippen LogP contribution >= 0.6 is 34.7 Å². The number of hydrogen-bond acceptors (Lipinski definition) is 6. The number of nitrogens with one attached hydrogen (secondary N) is 1. The SMILES string of the molecule is O=C(Nc1ccc(Sc2nncs2)c(Cl)c1)[C@H]1CCCO1. The Balaban J connectivity index is 1.67. The van der Waals surface area contributed by atoms with E-state index in [2.05, 4.69) is 15.5 Å². The molecular weight excluding hydrogens is 330 g/mol. The fourth-order valence-corrected chi connectivity index (χ4v) is 3.70. The lowest BCUT2D eigenvalue weighted by Gasteiger charge is -2.11. The van der Waals surface area contributed by atoms with Crippen molar-refractivity contribution in [3.05, 3.63) is 28.7 Å². The van der Waals surface area contributed by atoms with Gasteiger partial charge in [-0.1, -0.05) is 34.7 Å². The molecule has 0 spiro atoms. The molecule has 0 unspecified atom stereocenters. The summed E-state index contributed by atoms with van der Waals surface area (Å²) in [5.74, 6) is -0.118. The Morgan fingerprint density at radius 3 is 3.10 bits per heavy atom. The molecule has 1 aromatic heterocycles. The van der Waals surface area contributed by atoms with E-state index >= 15 is 0 Å². The van der Waals surface area contributed by atoms with Gasteiger partial charge in [0.05, 0.1) is 5.02 Å². The lowest BCUT2D eigenvalue weighted by molar-refractivity contribution is -0.124. The third kappa shape index (κ3) is 3.74. The van der Waals surface area contributed by atoms with E-state index in [0.29, 0.717) is 17.3 Å². The van der Waals surface area contributed by atoms with E-state index in [9.17, 15) is 4.79 Å². The summed E-state index contributed by atoms with van der Waals surface area (Å²) in [7, 11) is 0. The monoisotopic (exact) mass is 341 g/mol. The van der Waals surface area contributed by atoms with Gasteiger partial charge in [-0.3, -0.25) is 4.79 Å². The van der Waals surface area contributed by atoms with Gasteiger partial charge in [0.15, 0.2) is 4.34 Å². The van der Waals surface area contributed by atoms with Gasteiger partial charge >= 0.3 is 0 Å². The maximum Gasteiger partial charge on any atom is 0.253 e. The zero-order chi connectivity index (χ0) is 14.7. The molecule has 1 N–H and O–H groups in total. The molecular formula is C13H12ClN3O2S2. The molecule has 2 heterocycles. The van der Waals surface area contributed by atoms with Gasteiger partial charge in [0.25, 0.3) is 5.91 Å². The predicted octanol–water partition coefficient (Wildman–Crippen LogP) is 3.46. The molecule has 1 atom stereocenters. The van der Waals surface area contributed by atoms with Gasteiger partial charge < -0.3 is 10.1 Å². The van der Waals surface area contributed by atoms with Gasteiger partial charge in [0, 0.05) is 17.2 Å². The van der Waals surface area contributed by atoms with Crippen molar-refractivity contribution in [3.8, 4) is 0 Å². The molecule has 0 radical (unpaired) electrons. The van der Waals surface area contributed by atoms with Crippen LogP contribution in [0.5, 0.6) is 0 Å². The van der Waals surface area contributed by atoms with E-state index in [1.54, 1.807) is 11.6 Å². The largest absolute Gasteiger partial charge is 0.368 e. The van der Waals surface area contributed by atoms with Crippen molar-refractivity contribution >= 4 is 46.3 Å². The van der Waals surface area contributed by atoms with E-state index in [1.807, 2.05) is 12.1 Å². The second-order valence-corrected chi connectivity index (χ2v) is 6.97. The Bertz CT molecular complexity index is 630. The molecule has 1 aliphatic heterocycles. The molecule has 1 saturated heterocycles. The average Bonchev–Trinajstić information content (AvgIpc) is 3.14. The number of carbonyl (C=O) groups excluding carboxylic acids is 1. The first-order valence-electron chi connectivity index (χ1n) is 6.38. The maximum absolute atomic E-state index is 12.0. The number of carbonyl (C=O) groups is 1. The average molecular weight is 342 g/mol. The molecule has 5 nitrogen and oxygen atoms in total. The molecule has 1 aromatic carbocycles. The summed E-state index contributed by atoms with van der Waals surface area (Å²) in [6, 6.07) is 5.42. The van der Waals surface area contributed by atoms with Gasteiger partial charge in [-0.05, 0) is 31.0 Å². The van der Waals surface area contributed by atoms with Crippen molar-refractivity contribution in [1.29, 1.82) is 0 Å². The summed E-state index contributed by atoms with van der Waals surface area (Å²) < 4.78 is 6.17. The minimum atomic E-state index is -0.348. The predicted molar refractivity (Wildman–Crippen MR) is 83.1 cm³/mol. The van der Waals surface area contributed by atoms with E-state index in [1.165, 1.54) is 23.1 Å². The van der Waals surface area contributed by atoms with Gasteiger partial charge in [-0.15, -0.1) is 10.2 Å². The van der Waals surface area contributed by atoms with Gasteiger partial charge in [-0.2, -0.15) is 0 Å². The van der Waals surface area contributed by atoms with Gasteiger partial charge in [-0.25, -0.2) is 0 Å². The highest BCUT2D eigenvalue weighted by atomic mass is 35.5. The molecule has 1 fully saturated rings. The van der Waals surface area contributed by atoms with E-state index in [-0.39, 0.29) is 12.0 Å². The summed E-state index contributed by atoms with van der Waals surface area (Å²) in [6.45, 7) is 0.649. The highest BCUT2D eigenvalue weighted by molar-refractivity contribution is 8.01. The van der Waals surface area contributed by atoms with E-state index in [4.69, 9.17) is 16.3 Å². The van der Waals surface area contributed by atoms with E-state index < -0.39 is 0 Å². The lowest BCUT2D eigenvalue weighted by atomic mass is 10.2. The first-order valence-corrected chi connectivity index (χ1v) is 8.46. The Morgan fingerprint density at radius 2 is 2.43 bits per heavy atom. The number of halogens is 1. The summed E-state index contributed by atoms with van der Waals surface area (Å²) in [5, 5.41) is 11.1. The Hall–Kier alpha value is -1.15. The van der Waals surface area contributed by atoms with Crippen LogP contribution < -0.4 is 5.32 Å². The van der Waals surface area contributed by atoms with Crippen molar-refractivity contribution in [2.75, 3.05) is 11.9 Å². The van der Waals surface area contributed by atoms with Crippen molar-refractivity contribution in [1.82, 2.24) is 10.2 Å². The summed E-state index contributed by atoms with van der Waals surface area (Å²) in [5.41, 5.74) is 2.34. The number of hydrogen-bond donors (Lipinski definition) is 1. The molecule has 110 valence electrons. The molecule has 0 saturated carbocycles. The van der Waals surface area contributed by atoms with Crippen LogP contribution in [0.3, 0.4) is 0 Å². The van der Waals surface area contributed by atoms with Crippen LogP contribution in [0.4, 0.5) is 5.69 Å². The molecule has 3 rings (SSSR count). The minimum Gasteiger partial charge on any atom is -0.368 e. The third-order valence-corrected chi connectivity index (χ3v) is 5.24. The number of anilines is 1. The number of rotatable bonds is 4. The molecule has 21 heavy (non-hydrogen) atoms. The Labute approximate surface area is 135 Å². The minimum absolute atomic E-state index is 0.118. The zero-order valence-corrected chi connectivity index (χ0v) is 13.3. The van der Waals surface area contributed by atoms with Crippen molar-refractivity contribution < 1.29 is 9.53 Å². The number of benzene rings is 1. The molecule has 1 aliphatic rings.